The molecule has 0 spiro atoms. The van der Waals surface area contributed by atoms with Crippen molar-refractivity contribution in [1.29, 1.82) is 0 Å². The number of para-hydroxylation sites is 1. The first-order valence-electron chi connectivity index (χ1n) is 9.63. The SMILES string of the molecule is COC(=O)[C@@]12C[C@H]3C[C@H](C(C)=O)[C@@H]1NCCc1c2n(c2ccccc12)[C@H]3O. The number of methoxy groups -OCH3 is 1. The molecule has 1 aromatic heterocycles. The van der Waals surface area contributed by atoms with Gasteiger partial charge in [0, 0.05) is 29.0 Å². The fourth-order valence-corrected chi connectivity index (χ4v) is 6.01. The third kappa shape index (κ3) is 1.97. The Labute approximate surface area is 157 Å². The van der Waals surface area contributed by atoms with E-state index in [0.717, 1.165) is 28.6 Å². The number of nitrogens with zero attached hydrogens (tertiary/aromatic N) is 1. The molecule has 0 radical (unpaired) electrons. The standard InChI is InChI=1S/C21H24N2O4/c1-11(24)15-9-12-10-21(20(26)27-2)17(15)22-8-7-14-13-5-3-4-6-16(13)23(18(14)21)19(12)25/h3-6,12,15,17,19,22,25H,7-10H2,1-2H3/t12-,15-,17+,19+,21+/m1/s1. The van der Waals surface area contributed by atoms with E-state index in [-0.39, 0.29) is 29.6 Å². The zero-order valence-corrected chi connectivity index (χ0v) is 15.6. The lowest BCUT2D eigenvalue weighted by Gasteiger charge is -2.53. The van der Waals surface area contributed by atoms with Crippen molar-refractivity contribution in [3.05, 3.63) is 35.5 Å². The lowest BCUT2D eigenvalue weighted by atomic mass is 9.57. The van der Waals surface area contributed by atoms with Gasteiger partial charge in [0.2, 0.25) is 0 Å². The minimum Gasteiger partial charge on any atom is -0.468 e. The number of nitrogens with one attached hydrogen (secondary N) is 1. The first kappa shape index (κ1) is 17.0. The number of aliphatic hydroxyl groups is 1. The monoisotopic (exact) mass is 368 g/mol. The Hall–Kier alpha value is -2.18. The molecule has 2 aromatic rings. The van der Waals surface area contributed by atoms with E-state index in [9.17, 15) is 14.7 Å². The number of hydrogen-bond acceptors (Lipinski definition) is 5. The quantitative estimate of drug-likeness (QED) is 0.789. The maximum atomic E-state index is 13.3. The maximum absolute atomic E-state index is 13.3. The number of benzene rings is 1. The van der Waals surface area contributed by atoms with Gasteiger partial charge in [-0.05, 0) is 44.4 Å². The third-order valence-electron chi connectivity index (χ3n) is 7.01. The lowest BCUT2D eigenvalue weighted by Crippen LogP contribution is -2.65. The summed E-state index contributed by atoms with van der Waals surface area (Å²) in [4.78, 5) is 25.8. The van der Waals surface area contributed by atoms with Crippen molar-refractivity contribution >= 4 is 22.7 Å². The number of ether oxygens (including phenoxy) is 1. The molecule has 2 bridgehead atoms. The Morgan fingerprint density at radius 1 is 1.33 bits per heavy atom. The topological polar surface area (TPSA) is 80.6 Å². The van der Waals surface area contributed by atoms with Crippen molar-refractivity contribution < 1.29 is 19.4 Å². The van der Waals surface area contributed by atoms with Crippen molar-refractivity contribution in [2.75, 3.05) is 13.7 Å². The molecule has 1 aliphatic carbocycles. The van der Waals surface area contributed by atoms with E-state index in [1.165, 1.54) is 7.11 Å². The van der Waals surface area contributed by atoms with E-state index in [4.69, 9.17) is 4.74 Å². The smallest absolute Gasteiger partial charge is 0.319 e. The van der Waals surface area contributed by atoms with Crippen LogP contribution in [0.15, 0.2) is 24.3 Å². The van der Waals surface area contributed by atoms with Crippen molar-refractivity contribution in [2.24, 2.45) is 11.8 Å². The first-order valence-corrected chi connectivity index (χ1v) is 9.63. The summed E-state index contributed by atoms with van der Waals surface area (Å²) in [6.45, 7) is 2.28. The number of Topliss-reactive ketones (excluding diaryl/α,β-unsaturated/α-hetero) is 1. The van der Waals surface area contributed by atoms with Gasteiger partial charge in [-0.1, -0.05) is 18.2 Å². The average Bonchev–Trinajstić information content (AvgIpc) is 2.89. The molecule has 2 aliphatic heterocycles. The van der Waals surface area contributed by atoms with Crippen LogP contribution in [0.25, 0.3) is 10.9 Å². The van der Waals surface area contributed by atoms with Crippen LogP contribution in [-0.2, 0) is 26.2 Å². The summed E-state index contributed by atoms with van der Waals surface area (Å²) in [5.41, 5.74) is 1.95. The summed E-state index contributed by atoms with van der Waals surface area (Å²) in [6, 6.07) is 7.70. The molecule has 3 aliphatic rings. The van der Waals surface area contributed by atoms with Crippen molar-refractivity contribution in [3.8, 4) is 0 Å². The number of aromatic nitrogens is 1. The van der Waals surface area contributed by atoms with E-state index in [1.807, 2.05) is 22.8 Å². The highest BCUT2D eigenvalue weighted by atomic mass is 16.5. The maximum Gasteiger partial charge on any atom is 0.319 e. The molecule has 3 heterocycles. The van der Waals surface area contributed by atoms with Gasteiger partial charge in [-0.2, -0.15) is 0 Å². The number of aliphatic hydroxyl groups excluding tert-OH is 1. The Morgan fingerprint density at radius 3 is 2.85 bits per heavy atom. The van der Waals surface area contributed by atoms with Crippen LogP contribution < -0.4 is 5.32 Å². The van der Waals surface area contributed by atoms with Crippen LogP contribution >= 0.6 is 0 Å². The molecule has 5 rings (SSSR count). The van der Waals surface area contributed by atoms with Crippen LogP contribution in [0.3, 0.4) is 0 Å². The molecule has 1 saturated carbocycles. The minimum absolute atomic E-state index is 0.0608. The van der Waals surface area contributed by atoms with Gasteiger partial charge in [0.15, 0.2) is 0 Å². The van der Waals surface area contributed by atoms with Gasteiger partial charge in [0.1, 0.15) is 17.4 Å². The van der Waals surface area contributed by atoms with Gasteiger partial charge >= 0.3 is 5.97 Å². The number of fused-ring (bicyclic) bond motifs is 4. The van der Waals surface area contributed by atoms with E-state index >= 15 is 0 Å². The Bertz CT molecular complexity index is 964. The van der Waals surface area contributed by atoms with Crippen LogP contribution in [0.1, 0.15) is 37.3 Å². The normalized spacial score (nSPS) is 34.2. The zero-order chi connectivity index (χ0) is 18.9. The van der Waals surface area contributed by atoms with E-state index in [2.05, 4.69) is 11.4 Å². The summed E-state index contributed by atoms with van der Waals surface area (Å²) in [5, 5.41) is 15.8. The van der Waals surface area contributed by atoms with Crippen LogP contribution in [0, 0.1) is 11.8 Å². The Kier molecular flexibility index (Phi) is 3.55. The molecule has 2 N–H and O–H groups in total. The summed E-state index contributed by atoms with van der Waals surface area (Å²) in [7, 11) is 1.41. The van der Waals surface area contributed by atoms with Crippen molar-refractivity contribution in [2.45, 2.75) is 43.9 Å². The minimum atomic E-state index is -0.946. The van der Waals surface area contributed by atoms with Crippen LogP contribution in [0.5, 0.6) is 0 Å². The molecule has 27 heavy (non-hydrogen) atoms. The molecule has 0 saturated heterocycles. The number of hydrogen-bond donors (Lipinski definition) is 2. The summed E-state index contributed by atoms with van der Waals surface area (Å²) in [5.74, 6) is -0.721. The van der Waals surface area contributed by atoms with Gasteiger partial charge in [-0.15, -0.1) is 0 Å². The predicted molar refractivity (Wildman–Crippen MR) is 99.3 cm³/mol. The number of ketones is 1. The fourth-order valence-electron chi connectivity index (χ4n) is 6.01. The molecule has 6 nitrogen and oxygen atoms in total. The van der Waals surface area contributed by atoms with Crippen molar-refractivity contribution in [3.63, 3.8) is 0 Å². The second-order valence-electron chi connectivity index (χ2n) is 8.19. The number of carbonyl (C=O) groups excluding carboxylic acids is 2. The zero-order valence-electron chi connectivity index (χ0n) is 15.6. The van der Waals surface area contributed by atoms with Crippen molar-refractivity contribution in [1.82, 2.24) is 9.88 Å². The molecule has 142 valence electrons. The predicted octanol–water partition coefficient (Wildman–Crippen LogP) is 1.69. The first-order chi connectivity index (χ1) is 13.0. The average molecular weight is 368 g/mol. The van der Waals surface area contributed by atoms with Crippen LogP contribution in [0.2, 0.25) is 0 Å². The second kappa shape index (κ2) is 5.66. The lowest BCUT2D eigenvalue weighted by molar-refractivity contribution is -0.159. The summed E-state index contributed by atoms with van der Waals surface area (Å²) >= 11 is 0. The summed E-state index contributed by atoms with van der Waals surface area (Å²) < 4.78 is 7.26. The molecular weight excluding hydrogens is 344 g/mol. The van der Waals surface area contributed by atoms with Gasteiger partial charge in [-0.3, -0.25) is 9.59 Å². The second-order valence-corrected chi connectivity index (χ2v) is 8.19. The molecular formula is C21H24N2O4. The highest BCUT2D eigenvalue weighted by Crippen LogP contribution is 2.56. The van der Waals surface area contributed by atoms with E-state index in [1.54, 1.807) is 6.92 Å². The number of carbonyl (C=O) groups is 2. The van der Waals surface area contributed by atoms with Gasteiger partial charge in [0.25, 0.3) is 0 Å². The van der Waals surface area contributed by atoms with Crippen LogP contribution in [0.4, 0.5) is 0 Å². The Morgan fingerprint density at radius 2 is 2.11 bits per heavy atom. The van der Waals surface area contributed by atoms with Gasteiger partial charge in [0.05, 0.1) is 12.6 Å². The largest absolute Gasteiger partial charge is 0.468 e. The number of rotatable bonds is 2. The molecule has 5 atom stereocenters. The number of esters is 1. The highest BCUT2D eigenvalue weighted by Gasteiger charge is 2.63. The molecule has 1 fully saturated rings. The molecule has 6 heteroatoms. The molecule has 1 aromatic carbocycles. The summed E-state index contributed by atoms with van der Waals surface area (Å²) in [6.07, 6.45) is 1.09. The molecule has 0 amide bonds. The fraction of sp³-hybridized carbons (Fsp3) is 0.524. The van der Waals surface area contributed by atoms with Gasteiger partial charge < -0.3 is 19.7 Å². The molecule has 0 unspecified atom stereocenters. The van der Waals surface area contributed by atoms with Crippen LogP contribution in [-0.4, -0.2) is 41.1 Å². The van der Waals surface area contributed by atoms with Gasteiger partial charge in [-0.25, -0.2) is 0 Å². The Balaban J connectivity index is 1.91. The van der Waals surface area contributed by atoms with E-state index in [0.29, 0.717) is 19.4 Å². The van der Waals surface area contributed by atoms with E-state index < -0.39 is 11.6 Å². The third-order valence-corrected chi connectivity index (χ3v) is 7.01. The highest BCUT2D eigenvalue weighted by molar-refractivity contribution is 5.94.